The molecule has 0 aliphatic heterocycles. The molecule has 2 amide bonds. The molecule has 0 fully saturated rings. The Kier molecular flexibility index (Phi) is 4.14. The van der Waals surface area contributed by atoms with Crippen LogP contribution < -0.4 is 5.73 Å². The van der Waals surface area contributed by atoms with Crippen molar-refractivity contribution in [2.45, 2.75) is 19.9 Å². The zero-order valence-corrected chi connectivity index (χ0v) is 10.3. The van der Waals surface area contributed by atoms with E-state index in [9.17, 15) is 19.8 Å². The SMILES string of the molecule is CC(C)N(CC(N)=O)C(=O)c1cc(O)ccc1O. The van der Waals surface area contributed by atoms with Crippen molar-refractivity contribution in [3.05, 3.63) is 23.8 Å². The van der Waals surface area contributed by atoms with Gasteiger partial charge in [0.15, 0.2) is 0 Å². The van der Waals surface area contributed by atoms with E-state index in [-0.39, 0.29) is 29.6 Å². The van der Waals surface area contributed by atoms with Crippen LogP contribution in [0.1, 0.15) is 24.2 Å². The van der Waals surface area contributed by atoms with Crippen molar-refractivity contribution < 1.29 is 19.8 Å². The second-order valence-electron chi connectivity index (χ2n) is 4.19. The predicted molar refractivity (Wildman–Crippen MR) is 65.1 cm³/mol. The molecule has 98 valence electrons. The Hall–Kier alpha value is -2.24. The monoisotopic (exact) mass is 252 g/mol. The van der Waals surface area contributed by atoms with Crippen molar-refractivity contribution in [1.82, 2.24) is 4.90 Å². The quantitative estimate of drug-likeness (QED) is 0.676. The van der Waals surface area contributed by atoms with E-state index in [2.05, 4.69) is 0 Å². The number of phenolic OH excluding ortho intramolecular Hbond substituents is 2. The molecule has 0 saturated heterocycles. The smallest absolute Gasteiger partial charge is 0.258 e. The van der Waals surface area contributed by atoms with Crippen LogP contribution in [0.25, 0.3) is 0 Å². The van der Waals surface area contributed by atoms with E-state index in [1.807, 2.05) is 0 Å². The van der Waals surface area contributed by atoms with Crippen molar-refractivity contribution in [3.8, 4) is 11.5 Å². The molecule has 0 saturated carbocycles. The number of hydrogen-bond donors (Lipinski definition) is 3. The van der Waals surface area contributed by atoms with Gasteiger partial charge < -0.3 is 20.8 Å². The summed E-state index contributed by atoms with van der Waals surface area (Å²) >= 11 is 0. The second-order valence-corrected chi connectivity index (χ2v) is 4.19. The third kappa shape index (κ3) is 3.13. The summed E-state index contributed by atoms with van der Waals surface area (Å²) in [5, 5.41) is 18.9. The Labute approximate surface area is 105 Å². The van der Waals surface area contributed by atoms with Crippen molar-refractivity contribution in [3.63, 3.8) is 0 Å². The van der Waals surface area contributed by atoms with Gasteiger partial charge in [-0.05, 0) is 32.0 Å². The molecule has 0 heterocycles. The first-order valence-electron chi connectivity index (χ1n) is 5.44. The summed E-state index contributed by atoms with van der Waals surface area (Å²) in [6, 6.07) is 3.37. The van der Waals surface area contributed by atoms with Crippen LogP contribution >= 0.6 is 0 Å². The van der Waals surface area contributed by atoms with Crippen LogP contribution in [0.2, 0.25) is 0 Å². The number of amides is 2. The molecule has 0 atom stereocenters. The third-order valence-electron chi connectivity index (χ3n) is 2.42. The molecule has 1 rings (SSSR count). The highest BCUT2D eigenvalue weighted by Gasteiger charge is 2.23. The van der Waals surface area contributed by atoms with Crippen molar-refractivity contribution in [1.29, 1.82) is 0 Å². The lowest BCUT2D eigenvalue weighted by molar-refractivity contribution is -0.119. The molecule has 1 aromatic carbocycles. The van der Waals surface area contributed by atoms with Crippen molar-refractivity contribution >= 4 is 11.8 Å². The Morgan fingerprint density at radius 1 is 1.33 bits per heavy atom. The van der Waals surface area contributed by atoms with E-state index in [0.29, 0.717) is 0 Å². The lowest BCUT2D eigenvalue weighted by Crippen LogP contribution is -2.42. The number of carbonyl (C=O) groups is 2. The van der Waals surface area contributed by atoms with Crippen molar-refractivity contribution in [2.75, 3.05) is 6.54 Å². The van der Waals surface area contributed by atoms with E-state index in [1.165, 1.54) is 17.0 Å². The molecular weight excluding hydrogens is 236 g/mol. The molecule has 0 unspecified atom stereocenters. The average Bonchev–Trinajstić information content (AvgIpc) is 2.27. The van der Waals surface area contributed by atoms with E-state index in [1.54, 1.807) is 13.8 Å². The molecule has 0 aliphatic rings. The van der Waals surface area contributed by atoms with Crippen molar-refractivity contribution in [2.24, 2.45) is 5.73 Å². The summed E-state index contributed by atoms with van der Waals surface area (Å²) in [7, 11) is 0. The van der Waals surface area contributed by atoms with Gasteiger partial charge in [-0.15, -0.1) is 0 Å². The summed E-state index contributed by atoms with van der Waals surface area (Å²) in [6.07, 6.45) is 0. The van der Waals surface area contributed by atoms with Crippen LogP contribution in [0.15, 0.2) is 18.2 Å². The van der Waals surface area contributed by atoms with Gasteiger partial charge in [0, 0.05) is 6.04 Å². The first-order chi connectivity index (χ1) is 8.32. The number of carbonyl (C=O) groups excluding carboxylic acids is 2. The van der Waals surface area contributed by atoms with Crippen LogP contribution in [0.4, 0.5) is 0 Å². The minimum absolute atomic E-state index is 0.0649. The summed E-state index contributed by atoms with van der Waals surface area (Å²) in [4.78, 5) is 24.3. The second kappa shape index (κ2) is 5.39. The molecule has 0 bridgehead atoms. The first-order valence-corrected chi connectivity index (χ1v) is 5.44. The number of nitrogens with two attached hydrogens (primary N) is 1. The van der Waals surface area contributed by atoms with Crippen LogP contribution in [0.5, 0.6) is 11.5 Å². The minimum Gasteiger partial charge on any atom is -0.508 e. The number of primary amides is 1. The topological polar surface area (TPSA) is 104 Å². The Morgan fingerprint density at radius 3 is 2.44 bits per heavy atom. The zero-order valence-electron chi connectivity index (χ0n) is 10.3. The first kappa shape index (κ1) is 13.8. The van der Waals surface area contributed by atoms with Gasteiger partial charge in [-0.1, -0.05) is 0 Å². The van der Waals surface area contributed by atoms with Gasteiger partial charge in [-0.25, -0.2) is 0 Å². The number of aromatic hydroxyl groups is 2. The summed E-state index contributed by atoms with van der Waals surface area (Å²) in [6.45, 7) is 3.20. The maximum atomic E-state index is 12.1. The van der Waals surface area contributed by atoms with Gasteiger partial charge in [0.2, 0.25) is 5.91 Å². The summed E-state index contributed by atoms with van der Waals surface area (Å²) < 4.78 is 0. The fraction of sp³-hybridized carbons (Fsp3) is 0.333. The third-order valence-corrected chi connectivity index (χ3v) is 2.42. The fourth-order valence-electron chi connectivity index (χ4n) is 1.51. The number of benzene rings is 1. The van der Waals surface area contributed by atoms with Crippen LogP contribution in [0.3, 0.4) is 0 Å². The molecule has 18 heavy (non-hydrogen) atoms. The van der Waals surface area contributed by atoms with Crippen LogP contribution in [-0.4, -0.2) is 39.5 Å². The number of rotatable bonds is 4. The highest BCUT2D eigenvalue weighted by Crippen LogP contribution is 2.24. The number of hydrogen-bond acceptors (Lipinski definition) is 4. The molecule has 0 aliphatic carbocycles. The lowest BCUT2D eigenvalue weighted by atomic mass is 10.1. The van der Waals surface area contributed by atoms with Crippen LogP contribution in [-0.2, 0) is 4.79 Å². The van der Waals surface area contributed by atoms with Gasteiger partial charge in [-0.3, -0.25) is 9.59 Å². The highest BCUT2D eigenvalue weighted by molar-refractivity contribution is 5.99. The summed E-state index contributed by atoms with van der Waals surface area (Å²) in [5.74, 6) is -1.60. The normalized spacial score (nSPS) is 10.4. The van der Waals surface area contributed by atoms with Gasteiger partial charge in [0.05, 0.1) is 12.1 Å². The zero-order chi connectivity index (χ0) is 13.9. The molecule has 4 N–H and O–H groups in total. The molecule has 0 aromatic heterocycles. The Balaban J connectivity index is 3.09. The van der Waals surface area contributed by atoms with Gasteiger partial charge in [0.1, 0.15) is 11.5 Å². The van der Waals surface area contributed by atoms with E-state index >= 15 is 0 Å². The number of phenols is 2. The average molecular weight is 252 g/mol. The van der Waals surface area contributed by atoms with E-state index in [4.69, 9.17) is 5.73 Å². The van der Waals surface area contributed by atoms with Gasteiger partial charge >= 0.3 is 0 Å². The van der Waals surface area contributed by atoms with Gasteiger partial charge in [0.25, 0.3) is 5.91 Å². The highest BCUT2D eigenvalue weighted by atomic mass is 16.3. The molecule has 0 spiro atoms. The maximum Gasteiger partial charge on any atom is 0.258 e. The van der Waals surface area contributed by atoms with E-state index in [0.717, 1.165) is 6.07 Å². The minimum atomic E-state index is -0.642. The van der Waals surface area contributed by atoms with Crippen LogP contribution in [0, 0.1) is 0 Å². The Morgan fingerprint density at radius 2 is 1.94 bits per heavy atom. The molecule has 6 heteroatoms. The predicted octanol–water partition coefficient (Wildman–Crippen LogP) is 0.434. The summed E-state index contributed by atoms with van der Waals surface area (Å²) in [5.41, 5.74) is 5.01. The standard InChI is InChI=1S/C12H16N2O4/c1-7(2)14(6-11(13)17)12(18)9-5-8(15)3-4-10(9)16/h3-5,7,15-16H,6H2,1-2H3,(H2,13,17). The molecule has 1 aromatic rings. The van der Waals surface area contributed by atoms with Gasteiger partial charge in [-0.2, -0.15) is 0 Å². The Bertz CT molecular complexity index is 471. The molecular formula is C12H16N2O4. The molecule has 6 nitrogen and oxygen atoms in total. The fourth-order valence-corrected chi connectivity index (χ4v) is 1.51. The van der Waals surface area contributed by atoms with E-state index < -0.39 is 11.8 Å². The maximum absolute atomic E-state index is 12.1. The number of nitrogens with zero attached hydrogens (tertiary/aromatic N) is 1. The molecule has 0 radical (unpaired) electrons. The lowest BCUT2D eigenvalue weighted by Gasteiger charge is -2.25. The largest absolute Gasteiger partial charge is 0.508 e.